The second-order valence-electron chi connectivity index (χ2n) is 4.81. The summed E-state index contributed by atoms with van der Waals surface area (Å²) in [6.07, 6.45) is 0. The van der Waals surface area contributed by atoms with Crippen LogP contribution in [0.5, 0.6) is 0 Å². The summed E-state index contributed by atoms with van der Waals surface area (Å²) in [5.41, 5.74) is 1.50. The predicted octanol–water partition coefficient (Wildman–Crippen LogP) is 3.97. The van der Waals surface area contributed by atoms with Gasteiger partial charge in [0.05, 0.1) is 0 Å². The van der Waals surface area contributed by atoms with E-state index in [2.05, 4.69) is 0 Å². The fourth-order valence-electron chi connectivity index (χ4n) is 2.54. The topological polar surface area (TPSA) is 20.2 Å². The molecular formula is C19H16OTi. The Labute approximate surface area is 140 Å². The summed E-state index contributed by atoms with van der Waals surface area (Å²) >= 11 is 0. The Morgan fingerprint density at radius 3 is 0.952 bits per heavy atom. The first-order valence-corrected chi connectivity index (χ1v) is 6.71. The largest absolute Gasteiger partial charge is 0.376 e. The number of rotatable bonds is 3. The second kappa shape index (κ2) is 6.86. The van der Waals surface area contributed by atoms with Crippen molar-refractivity contribution in [3.63, 3.8) is 0 Å². The van der Waals surface area contributed by atoms with Gasteiger partial charge in [0.1, 0.15) is 5.60 Å². The van der Waals surface area contributed by atoms with Gasteiger partial charge in [-0.3, -0.25) is 0 Å². The van der Waals surface area contributed by atoms with Crippen molar-refractivity contribution >= 4 is 0 Å². The molecule has 1 N–H and O–H groups in total. The monoisotopic (exact) mass is 308 g/mol. The Balaban J connectivity index is 0.00000161. The molecule has 3 aromatic carbocycles. The fourth-order valence-corrected chi connectivity index (χ4v) is 2.54. The van der Waals surface area contributed by atoms with E-state index in [9.17, 15) is 5.11 Å². The molecule has 0 aliphatic rings. The van der Waals surface area contributed by atoms with Crippen LogP contribution in [0, 0.1) is 0 Å². The third-order valence-electron chi connectivity index (χ3n) is 3.57. The van der Waals surface area contributed by atoms with Crippen molar-refractivity contribution in [1.29, 1.82) is 0 Å². The molecule has 0 bridgehead atoms. The second-order valence-corrected chi connectivity index (χ2v) is 4.81. The minimum atomic E-state index is -1.12. The molecule has 2 heteroatoms. The molecule has 21 heavy (non-hydrogen) atoms. The number of aliphatic hydroxyl groups is 1. The van der Waals surface area contributed by atoms with Crippen LogP contribution in [0.4, 0.5) is 0 Å². The van der Waals surface area contributed by atoms with Gasteiger partial charge < -0.3 is 5.11 Å². The van der Waals surface area contributed by atoms with Crippen LogP contribution in [0.2, 0.25) is 0 Å². The zero-order valence-corrected chi connectivity index (χ0v) is 13.2. The molecule has 0 radical (unpaired) electrons. The van der Waals surface area contributed by atoms with Crippen LogP contribution in [0.15, 0.2) is 91.0 Å². The van der Waals surface area contributed by atoms with Gasteiger partial charge in [-0.2, -0.15) is 0 Å². The van der Waals surface area contributed by atoms with E-state index >= 15 is 0 Å². The maximum atomic E-state index is 11.4. The van der Waals surface area contributed by atoms with Gasteiger partial charge in [0.2, 0.25) is 0 Å². The van der Waals surface area contributed by atoms with Gasteiger partial charge in [0.25, 0.3) is 0 Å². The SMILES string of the molecule is OC(c1ccccc1)(c1ccccc1)c1ccccc1.[Ti]. The number of hydrogen-bond donors (Lipinski definition) is 1. The maximum Gasteiger partial charge on any atom is 0.140 e. The van der Waals surface area contributed by atoms with Crippen molar-refractivity contribution in [2.45, 2.75) is 5.60 Å². The van der Waals surface area contributed by atoms with E-state index in [4.69, 9.17) is 0 Å². The molecule has 3 rings (SSSR count). The minimum absolute atomic E-state index is 0. The van der Waals surface area contributed by atoms with Crippen molar-refractivity contribution in [3.05, 3.63) is 108 Å². The van der Waals surface area contributed by atoms with Crippen LogP contribution < -0.4 is 0 Å². The molecule has 0 unspecified atom stereocenters. The van der Waals surface area contributed by atoms with Crippen LogP contribution in [-0.2, 0) is 27.3 Å². The summed E-state index contributed by atoms with van der Waals surface area (Å²) in [7, 11) is 0. The van der Waals surface area contributed by atoms with Crippen LogP contribution in [-0.4, -0.2) is 5.11 Å². The molecular weight excluding hydrogens is 292 g/mol. The molecule has 0 atom stereocenters. The Morgan fingerprint density at radius 2 is 0.714 bits per heavy atom. The molecule has 0 heterocycles. The van der Waals surface area contributed by atoms with E-state index < -0.39 is 5.60 Å². The van der Waals surface area contributed by atoms with Gasteiger partial charge in [-0.05, 0) is 16.7 Å². The molecule has 0 saturated heterocycles. The molecule has 0 amide bonds. The molecule has 0 aliphatic heterocycles. The van der Waals surface area contributed by atoms with Gasteiger partial charge in [0.15, 0.2) is 0 Å². The third kappa shape index (κ3) is 3.01. The Bertz CT molecular complexity index is 569. The van der Waals surface area contributed by atoms with Crippen LogP contribution in [0.1, 0.15) is 16.7 Å². The normalized spacial score (nSPS) is 10.7. The van der Waals surface area contributed by atoms with Gasteiger partial charge in [-0.15, -0.1) is 0 Å². The maximum absolute atomic E-state index is 11.4. The van der Waals surface area contributed by atoms with Crippen LogP contribution >= 0.6 is 0 Å². The van der Waals surface area contributed by atoms with E-state index in [0.29, 0.717) is 0 Å². The average Bonchev–Trinajstić information content (AvgIpc) is 2.56. The Hall–Kier alpha value is -1.67. The van der Waals surface area contributed by atoms with Gasteiger partial charge in [0, 0.05) is 21.7 Å². The van der Waals surface area contributed by atoms with E-state index in [-0.39, 0.29) is 21.7 Å². The summed E-state index contributed by atoms with van der Waals surface area (Å²) in [5, 5.41) is 11.4. The fraction of sp³-hybridized carbons (Fsp3) is 0.0526. The first-order chi connectivity index (χ1) is 9.82. The quantitative estimate of drug-likeness (QED) is 0.573. The summed E-state index contributed by atoms with van der Waals surface area (Å²) in [4.78, 5) is 0. The van der Waals surface area contributed by atoms with Crippen LogP contribution in [0.3, 0.4) is 0 Å². The van der Waals surface area contributed by atoms with Gasteiger partial charge in [-0.25, -0.2) is 0 Å². The molecule has 0 spiro atoms. The summed E-state index contributed by atoms with van der Waals surface area (Å²) in [6, 6.07) is 29.3. The smallest absolute Gasteiger partial charge is 0.140 e. The molecule has 1 nitrogen and oxygen atoms in total. The molecule has 0 aromatic heterocycles. The van der Waals surface area contributed by atoms with E-state index in [1.165, 1.54) is 0 Å². The van der Waals surface area contributed by atoms with Crippen molar-refractivity contribution in [1.82, 2.24) is 0 Å². The van der Waals surface area contributed by atoms with Crippen molar-refractivity contribution in [3.8, 4) is 0 Å². The molecule has 0 aliphatic carbocycles. The Morgan fingerprint density at radius 1 is 0.476 bits per heavy atom. The van der Waals surface area contributed by atoms with Crippen molar-refractivity contribution in [2.75, 3.05) is 0 Å². The van der Waals surface area contributed by atoms with E-state index in [1.807, 2.05) is 91.0 Å². The molecule has 3 aromatic rings. The summed E-state index contributed by atoms with van der Waals surface area (Å²) in [5.74, 6) is 0. The zero-order chi connectivity index (χ0) is 13.8. The van der Waals surface area contributed by atoms with Gasteiger partial charge >= 0.3 is 0 Å². The summed E-state index contributed by atoms with van der Waals surface area (Å²) < 4.78 is 0. The standard InChI is InChI=1S/C19H16O.Ti/c20-19(16-10-4-1-5-11-16,17-12-6-2-7-13-17)18-14-8-3-9-15-18;/h1-15,20H;. The molecule has 102 valence electrons. The predicted molar refractivity (Wildman–Crippen MR) is 81.4 cm³/mol. The average molecular weight is 308 g/mol. The zero-order valence-electron chi connectivity index (χ0n) is 11.6. The third-order valence-corrected chi connectivity index (χ3v) is 3.57. The summed E-state index contributed by atoms with van der Waals surface area (Å²) in [6.45, 7) is 0. The van der Waals surface area contributed by atoms with Crippen molar-refractivity contribution in [2.24, 2.45) is 0 Å². The van der Waals surface area contributed by atoms with Crippen LogP contribution in [0.25, 0.3) is 0 Å². The molecule has 0 fully saturated rings. The van der Waals surface area contributed by atoms with Crippen molar-refractivity contribution < 1.29 is 26.8 Å². The number of hydrogen-bond acceptors (Lipinski definition) is 1. The first kappa shape index (κ1) is 15.7. The minimum Gasteiger partial charge on any atom is -0.376 e. The van der Waals surface area contributed by atoms with Gasteiger partial charge in [-0.1, -0.05) is 91.0 Å². The first-order valence-electron chi connectivity index (χ1n) is 6.71. The molecule has 0 saturated carbocycles. The van der Waals surface area contributed by atoms with E-state index in [1.54, 1.807) is 0 Å². The van der Waals surface area contributed by atoms with E-state index in [0.717, 1.165) is 16.7 Å². The Kier molecular flexibility index (Phi) is 5.14. The number of benzene rings is 3.